The van der Waals surface area contributed by atoms with Crippen molar-refractivity contribution in [3.8, 4) is 0 Å². The fraction of sp³-hybridized carbons (Fsp3) is 0.542. The lowest BCUT2D eigenvalue weighted by Crippen LogP contribution is -2.48. The molecule has 0 saturated carbocycles. The van der Waals surface area contributed by atoms with E-state index in [1.54, 1.807) is 6.33 Å². The molecule has 3 aromatic rings. The van der Waals surface area contributed by atoms with Gasteiger partial charge in [-0.25, -0.2) is 4.98 Å². The molecule has 0 spiro atoms. The summed E-state index contributed by atoms with van der Waals surface area (Å²) >= 11 is 0. The molecule has 2 saturated heterocycles. The quantitative estimate of drug-likeness (QED) is 0.663. The zero-order valence-electron chi connectivity index (χ0n) is 18.2. The second-order valence-electron chi connectivity index (χ2n) is 9.09. The Balaban J connectivity index is 1.42. The molecule has 158 valence electrons. The lowest BCUT2D eigenvalue weighted by atomic mass is 9.95. The van der Waals surface area contributed by atoms with Crippen molar-refractivity contribution in [2.75, 3.05) is 31.1 Å². The molecule has 1 atom stereocenters. The highest BCUT2D eigenvalue weighted by molar-refractivity contribution is 5.56. The first-order valence-electron chi connectivity index (χ1n) is 11.4. The van der Waals surface area contributed by atoms with E-state index < -0.39 is 0 Å². The van der Waals surface area contributed by atoms with Gasteiger partial charge in [0.2, 0.25) is 0 Å². The van der Waals surface area contributed by atoms with E-state index in [2.05, 4.69) is 64.1 Å². The number of anilines is 1. The van der Waals surface area contributed by atoms with E-state index in [9.17, 15) is 0 Å². The Morgan fingerprint density at radius 1 is 1.03 bits per heavy atom. The molecular formula is C24H32N6. The van der Waals surface area contributed by atoms with Crippen LogP contribution in [0.15, 0.2) is 36.7 Å². The van der Waals surface area contributed by atoms with Gasteiger partial charge in [0.25, 0.3) is 5.78 Å². The molecule has 2 fully saturated rings. The number of fused-ring (bicyclic) bond motifs is 1. The van der Waals surface area contributed by atoms with Crippen molar-refractivity contribution in [2.24, 2.45) is 5.92 Å². The largest absolute Gasteiger partial charge is 0.356 e. The molecule has 0 aliphatic carbocycles. The van der Waals surface area contributed by atoms with Gasteiger partial charge in [-0.15, -0.1) is 0 Å². The molecule has 0 amide bonds. The van der Waals surface area contributed by atoms with Crippen molar-refractivity contribution in [1.82, 2.24) is 24.5 Å². The lowest BCUT2D eigenvalue weighted by molar-refractivity contribution is 0.112. The van der Waals surface area contributed by atoms with Gasteiger partial charge in [0, 0.05) is 43.4 Å². The molecule has 2 aromatic heterocycles. The standard InChI is InChI=1S/C24H32N6/c1-18-7-6-12-29(16-18)21-10-13-28(14-11-21)23-22(15-20-8-4-3-5-9-20)19(2)27-24-25-17-26-30(23)24/h3-5,8-9,17-18,21H,6-7,10-16H2,1-2H3/t18-/m1/s1. The molecular weight excluding hydrogens is 372 g/mol. The van der Waals surface area contributed by atoms with Gasteiger partial charge in [0.05, 0.1) is 0 Å². The minimum atomic E-state index is 0.700. The maximum Gasteiger partial charge on any atom is 0.254 e. The van der Waals surface area contributed by atoms with Crippen LogP contribution >= 0.6 is 0 Å². The van der Waals surface area contributed by atoms with Gasteiger partial charge < -0.3 is 4.90 Å². The van der Waals surface area contributed by atoms with Crippen LogP contribution in [0.5, 0.6) is 0 Å². The predicted molar refractivity (Wildman–Crippen MR) is 120 cm³/mol. The summed E-state index contributed by atoms with van der Waals surface area (Å²) in [6, 6.07) is 11.4. The molecule has 5 rings (SSSR count). The monoisotopic (exact) mass is 404 g/mol. The Bertz CT molecular complexity index is 990. The van der Waals surface area contributed by atoms with Crippen molar-refractivity contribution >= 4 is 11.6 Å². The highest BCUT2D eigenvalue weighted by atomic mass is 15.4. The van der Waals surface area contributed by atoms with Crippen LogP contribution < -0.4 is 4.90 Å². The molecule has 0 unspecified atom stereocenters. The van der Waals surface area contributed by atoms with Gasteiger partial charge in [-0.1, -0.05) is 37.3 Å². The number of rotatable bonds is 4. The van der Waals surface area contributed by atoms with Crippen LogP contribution in [0.2, 0.25) is 0 Å². The van der Waals surface area contributed by atoms with E-state index in [0.717, 1.165) is 37.2 Å². The number of benzene rings is 1. The minimum absolute atomic E-state index is 0.700. The van der Waals surface area contributed by atoms with Crippen molar-refractivity contribution in [1.29, 1.82) is 0 Å². The van der Waals surface area contributed by atoms with Crippen molar-refractivity contribution in [3.63, 3.8) is 0 Å². The predicted octanol–water partition coefficient (Wildman–Crippen LogP) is 3.72. The summed E-state index contributed by atoms with van der Waals surface area (Å²) in [5, 5.41) is 4.55. The minimum Gasteiger partial charge on any atom is -0.356 e. The topological polar surface area (TPSA) is 49.6 Å². The first-order valence-corrected chi connectivity index (χ1v) is 11.4. The Morgan fingerprint density at radius 2 is 1.83 bits per heavy atom. The summed E-state index contributed by atoms with van der Waals surface area (Å²) in [5.41, 5.74) is 3.63. The number of aryl methyl sites for hydroxylation is 1. The molecule has 0 bridgehead atoms. The van der Waals surface area contributed by atoms with E-state index in [-0.39, 0.29) is 0 Å². The number of likely N-dealkylation sites (tertiary alicyclic amines) is 1. The third-order valence-corrected chi connectivity index (χ3v) is 6.90. The van der Waals surface area contributed by atoms with Crippen molar-refractivity contribution in [3.05, 3.63) is 53.5 Å². The molecule has 6 heteroatoms. The summed E-state index contributed by atoms with van der Waals surface area (Å²) in [5.74, 6) is 2.72. The molecule has 4 heterocycles. The lowest BCUT2D eigenvalue weighted by Gasteiger charge is -2.42. The normalized spacial score (nSPS) is 21.4. The van der Waals surface area contributed by atoms with Gasteiger partial charge in [0.15, 0.2) is 0 Å². The Hall–Kier alpha value is -2.47. The molecule has 0 N–H and O–H groups in total. The number of hydrogen-bond donors (Lipinski definition) is 0. The average Bonchev–Trinajstić information content (AvgIpc) is 3.23. The van der Waals surface area contributed by atoms with Gasteiger partial charge in [-0.3, -0.25) is 4.90 Å². The van der Waals surface area contributed by atoms with Crippen molar-refractivity contribution < 1.29 is 0 Å². The van der Waals surface area contributed by atoms with Crippen LogP contribution in [0.4, 0.5) is 5.82 Å². The Kier molecular flexibility index (Phi) is 5.42. The molecule has 1 aromatic carbocycles. The summed E-state index contributed by atoms with van der Waals surface area (Å²) in [7, 11) is 0. The highest BCUT2D eigenvalue weighted by Gasteiger charge is 2.30. The number of hydrogen-bond acceptors (Lipinski definition) is 5. The smallest absolute Gasteiger partial charge is 0.254 e. The summed E-state index contributed by atoms with van der Waals surface area (Å²) in [6.45, 7) is 9.18. The van der Waals surface area contributed by atoms with Crippen LogP contribution in [0, 0.1) is 12.8 Å². The maximum absolute atomic E-state index is 4.74. The van der Waals surface area contributed by atoms with Crippen LogP contribution in [0.1, 0.15) is 49.4 Å². The molecule has 2 aliphatic heterocycles. The SMILES string of the molecule is Cc1nc2ncnn2c(N2CCC(N3CCC[C@@H](C)C3)CC2)c1Cc1ccccc1. The fourth-order valence-corrected chi connectivity index (χ4v) is 5.30. The van der Waals surface area contributed by atoms with E-state index in [1.165, 1.54) is 55.7 Å². The second kappa shape index (κ2) is 8.34. The van der Waals surface area contributed by atoms with E-state index in [4.69, 9.17) is 4.98 Å². The number of piperidine rings is 2. The van der Waals surface area contributed by atoms with E-state index >= 15 is 0 Å². The summed E-state index contributed by atoms with van der Waals surface area (Å²) < 4.78 is 1.95. The van der Waals surface area contributed by atoms with Gasteiger partial charge in [0.1, 0.15) is 12.1 Å². The number of aromatic nitrogens is 4. The molecule has 30 heavy (non-hydrogen) atoms. The van der Waals surface area contributed by atoms with Gasteiger partial charge in [-0.2, -0.15) is 14.6 Å². The van der Waals surface area contributed by atoms with Gasteiger partial charge >= 0.3 is 0 Å². The van der Waals surface area contributed by atoms with Crippen molar-refractivity contribution in [2.45, 2.75) is 52.0 Å². The molecule has 0 radical (unpaired) electrons. The van der Waals surface area contributed by atoms with Crippen LogP contribution in [0.25, 0.3) is 5.78 Å². The fourth-order valence-electron chi connectivity index (χ4n) is 5.30. The van der Waals surface area contributed by atoms with Crippen LogP contribution in [-0.2, 0) is 6.42 Å². The third kappa shape index (κ3) is 3.81. The molecule has 2 aliphatic rings. The number of nitrogens with zero attached hydrogens (tertiary/aromatic N) is 6. The summed E-state index contributed by atoms with van der Waals surface area (Å²) in [4.78, 5) is 14.4. The summed E-state index contributed by atoms with van der Waals surface area (Å²) in [6.07, 6.45) is 7.67. The van der Waals surface area contributed by atoms with E-state index in [1.807, 2.05) is 4.52 Å². The Morgan fingerprint density at radius 3 is 2.60 bits per heavy atom. The Labute approximate surface area is 178 Å². The highest BCUT2D eigenvalue weighted by Crippen LogP contribution is 2.30. The third-order valence-electron chi connectivity index (χ3n) is 6.90. The first-order chi connectivity index (χ1) is 14.7. The zero-order chi connectivity index (χ0) is 20.5. The average molecular weight is 405 g/mol. The van der Waals surface area contributed by atoms with Gasteiger partial charge in [-0.05, 0) is 50.6 Å². The van der Waals surface area contributed by atoms with Crippen LogP contribution in [0.3, 0.4) is 0 Å². The second-order valence-corrected chi connectivity index (χ2v) is 9.09. The van der Waals surface area contributed by atoms with E-state index in [0.29, 0.717) is 5.78 Å². The maximum atomic E-state index is 4.74. The molecule has 6 nitrogen and oxygen atoms in total. The van der Waals surface area contributed by atoms with Crippen LogP contribution in [-0.4, -0.2) is 56.7 Å². The first kappa shape index (κ1) is 19.5. The zero-order valence-corrected chi connectivity index (χ0v) is 18.2.